The minimum absolute atomic E-state index is 0.126. The molecule has 0 atom stereocenters. The summed E-state index contributed by atoms with van der Waals surface area (Å²) < 4.78 is 1.48. The van der Waals surface area contributed by atoms with Crippen LogP contribution in [0.2, 0.25) is 0 Å². The smallest absolute Gasteiger partial charge is 0.152 e. The molecule has 0 aliphatic rings. The Morgan fingerprint density at radius 1 is 1.53 bits per heavy atom. The minimum Gasteiger partial charge on any atom is -0.386 e. The molecule has 0 bridgehead atoms. The maximum absolute atomic E-state index is 10.8. The first-order valence-corrected chi connectivity index (χ1v) is 6.03. The van der Waals surface area contributed by atoms with Gasteiger partial charge in [0.25, 0.3) is 0 Å². The largest absolute Gasteiger partial charge is 0.386 e. The van der Waals surface area contributed by atoms with Crippen molar-refractivity contribution in [2.24, 2.45) is 10.7 Å². The van der Waals surface area contributed by atoms with Gasteiger partial charge in [0.05, 0.1) is 11.6 Å². The number of nitrogens with two attached hydrogens (primary N) is 1. The van der Waals surface area contributed by atoms with Crippen LogP contribution in [0, 0.1) is 0 Å². The van der Waals surface area contributed by atoms with Gasteiger partial charge in [-0.05, 0) is 28.1 Å². The Kier molecular flexibility index (Phi) is 4.76. The van der Waals surface area contributed by atoms with Crippen LogP contribution in [0.15, 0.2) is 26.1 Å². The van der Waals surface area contributed by atoms with Crippen molar-refractivity contribution in [1.29, 1.82) is 0 Å². The molecule has 0 spiro atoms. The highest BCUT2D eigenvalue weighted by atomic mass is 79.9. The molecule has 0 radical (unpaired) electrons. The van der Waals surface area contributed by atoms with Crippen LogP contribution < -0.4 is 5.73 Å². The minimum atomic E-state index is 0.126. The van der Waals surface area contributed by atoms with Gasteiger partial charge in [0.2, 0.25) is 0 Å². The molecule has 80 valence electrons. The molecule has 0 heterocycles. The van der Waals surface area contributed by atoms with E-state index in [-0.39, 0.29) is 11.7 Å². The molecule has 6 heteroatoms. The van der Waals surface area contributed by atoms with Crippen LogP contribution in [0.1, 0.15) is 10.4 Å². The van der Waals surface area contributed by atoms with E-state index in [1.54, 1.807) is 12.1 Å². The molecule has 0 saturated heterocycles. The number of carbonyl (C=O) groups excluding carboxylic acids is 1. The highest BCUT2D eigenvalue weighted by Crippen LogP contribution is 2.32. The third kappa shape index (κ3) is 3.29. The van der Waals surface area contributed by atoms with Crippen molar-refractivity contribution in [2.45, 2.75) is 0 Å². The molecule has 0 aromatic heterocycles. The summed E-state index contributed by atoms with van der Waals surface area (Å²) in [5.41, 5.74) is 6.45. The highest BCUT2D eigenvalue weighted by molar-refractivity contribution is 9.11. The van der Waals surface area contributed by atoms with Gasteiger partial charge >= 0.3 is 0 Å². The van der Waals surface area contributed by atoms with E-state index in [4.69, 9.17) is 17.3 Å². The van der Waals surface area contributed by atoms with E-state index in [9.17, 15) is 4.79 Å². The predicted octanol–water partition coefficient (Wildman–Crippen LogP) is 3.25. The molecule has 0 aliphatic carbocycles. The zero-order valence-electron chi connectivity index (χ0n) is 7.51. The Morgan fingerprint density at radius 2 is 2.20 bits per heavy atom. The first-order chi connectivity index (χ1) is 7.08. The van der Waals surface area contributed by atoms with Gasteiger partial charge in [-0.1, -0.05) is 15.9 Å². The number of amidine groups is 1. The fourth-order valence-electron chi connectivity index (χ4n) is 0.967. The predicted molar refractivity (Wildman–Crippen MR) is 69.2 cm³/mol. The molecule has 2 N–H and O–H groups in total. The first-order valence-electron chi connectivity index (χ1n) is 3.91. The number of hydrogen-bond acceptors (Lipinski definition) is 2. The van der Waals surface area contributed by atoms with Crippen molar-refractivity contribution in [3.63, 3.8) is 0 Å². The standard InChI is InChI=1S/C9H7Br2ClN2O/c10-6-1-5(4-15)9(7(11)2-6)14-8(13)3-12/h1-2,4H,3H2,(H2,13,14). The fourth-order valence-corrected chi connectivity index (χ4v) is 2.37. The van der Waals surface area contributed by atoms with Crippen LogP contribution in [0.4, 0.5) is 5.69 Å². The molecule has 3 nitrogen and oxygen atoms in total. The number of benzene rings is 1. The molecule has 15 heavy (non-hydrogen) atoms. The van der Waals surface area contributed by atoms with E-state index in [1.165, 1.54) is 0 Å². The Balaban J connectivity index is 3.33. The monoisotopic (exact) mass is 352 g/mol. The van der Waals surface area contributed by atoms with E-state index in [2.05, 4.69) is 36.9 Å². The van der Waals surface area contributed by atoms with Gasteiger partial charge in [0, 0.05) is 14.5 Å². The van der Waals surface area contributed by atoms with Crippen molar-refractivity contribution < 1.29 is 4.79 Å². The quantitative estimate of drug-likeness (QED) is 0.392. The van der Waals surface area contributed by atoms with Crippen molar-refractivity contribution in [2.75, 3.05) is 5.88 Å². The average molecular weight is 354 g/mol. The van der Waals surface area contributed by atoms with Gasteiger partial charge in [-0.25, -0.2) is 4.99 Å². The van der Waals surface area contributed by atoms with Gasteiger partial charge in [-0.2, -0.15) is 0 Å². The summed E-state index contributed by atoms with van der Waals surface area (Å²) in [6.07, 6.45) is 0.718. The molecular formula is C9H7Br2ClN2O. The van der Waals surface area contributed by atoms with Gasteiger partial charge in [0.1, 0.15) is 5.84 Å². The van der Waals surface area contributed by atoms with Crippen LogP contribution >= 0.6 is 43.5 Å². The zero-order valence-corrected chi connectivity index (χ0v) is 11.4. The third-order valence-electron chi connectivity index (χ3n) is 1.58. The summed E-state index contributed by atoms with van der Waals surface area (Å²) in [5.74, 6) is 0.392. The topological polar surface area (TPSA) is 55.4 Å². The van der Waals surface area contributed by atoms with E-state index in [1.807, 2.05) is 0 Å². The van der Waals surface area contributed by atoms with E-state index >= 15 is 0 Å². The molecule has 0 unspecified atom stereocenters. The summed E-state index contributed by atoms with van der Waals surface area (Å²) in [7, 11) is 0. The van der Waals surface area contributed by atoms with Crippen LogP contribution in [0.25, 0.3) is 0 Å². The molecule has 0 amide bonds. The Morgan fingerprint density at radius 3 is 2.73 bits per heavy atom. The summed E-state index contributed by atoms with van der Waals surface area (Å²) in [6.45, 7) is 0. The molecule has 0 saturated carbocycles. The normalized spacial score (nSPS) is 11.5. The molecule has 1 aromatic carbocycles. The second kappa shape index (κ2) is 5.63. The van der Waals surface area contributed by atoms with Gasteiger partial charge in [0.15, 0.2) is 6.29 Å². The van der Waals surface area contributed by atoms with Crippen LogP contribution in [0.3, 0.4) is 0 Å². The number of carbonyl (C=O) groups is 1. The van der Waals surface area contributed by atoms with Crippen molar-refractivity contribution in [3.8, 4) is 0 Å². The number of hydrogen-bond donors (Lipinski definition) is 1. The first kappa shape index (κ1) is 12.7. The molecule has 0 aliphatic heterocycles. The van der Waals surface area contributed by atoms with Crippen LogP contribution in [0.5, 0.6) is 0 Å². The number of aliphatic imine (C=N–C) groups is 1. The average Bonchev–Trinajstić information content (AvgIpc) is 2.21. The summed E-state index contributed by atoms with van der Waals surface area (Å²) in [5, 5.41) is 0. The number of aldehydes is 1. The van der Waals surface area contributed by atoms with Gasteiger partial charge in [-0.15, -0.1) is 11.6 Å². The lowest BCUT2D eigenvalue weighted by molar-refractivity contribution is 0.112. The summed E-state index contributed by atoms with van der Waals surface area (Å²) in [4.78, 5) is 14.9. The van der Waals surface area contributed by atoms with Gasteiger partial charge < -0.3 is 5.73 Å². The lowest BCUT2D eigenvalue weighted by atomic mass is 10.2. The number of alkyl halides is 1. The Hall–Kier alpha value is -0.390. The molecule has 1 rings (SSSR count). The maximum Gasteiger partial charge on any atom is 0.152 e. The van der Waals surface area contributed by atoms with Crippen LogP contribution in [-0.4, -0.2) is 18.0 Å². The number of halogens is 3. The van der Waals surface area contributed by atoms with Gasteiger partial charge in [-0.3, -0.25) is 4.79 Å². The Bertz CT molecular complexity index is 421. The van der Waals surface area contributed by atoms with E-state index < -0.39 is 0 Å². The third-order valence-corrected chi connectivity index (χ3v) is 2.91. The zero-order chi connectivity index (χ0) is 11.4. The second-order valence-corrected chi connectivity index (χ2v) is 4.72. The molecule has 1 aromatic rings. The van der Waals surface area contributed by atoms with Crippen molar-refractivity contribution in [1.82, 2.24) is 0 Å². The van der Waals surface area contributed by atoms with Crippen molar-refractivity contribution in [3.05, 3.63) is 26.6 Å². The maximum atomic E-state index is 10.8. The lowest BCUT2D eigenvalue weighted by Gasteiger charge is -2.04. The molecular weight excluding hydrogens is 347 g/mol. The summed E-state index contributed by atoms with van der Waals surface area (Å²) >= 11 is 12.1. The number of rotatable bonds is 3. The Labute approximate surface area is 109 Å². The van der Waals surface area contributed by atoms with Crippen molar-refractivity contribution >= 4 is 61.3 Å². The summed E-state index contributed by atoms with van der Waals surface area (Å²) in [6, 6.07) is 3.45. The lowest BCUT2D eigenvalue weighted by Crippen LogP contribution is -2.12. The SMILES string of the molecule is NC(CCl)=Nc1c(Br)cc(Br)cc1C=O. The highest BCUT2D eigenvalue weighted by Gasteiger charge is 2.07. The molecule has 0 fully saturated rings. The van der Waals surface area contributed by atoms with E-state index in [0.29, 0.717) is 15.7 Å². The van der Waals surface area contributed by atoms with Crippen LogP contribution in [-0.2, 0) is 0 Å². The second-order valence-electron chi connectivity index (χ2n) is 2.68. The van der Waals surface area contributed by atoms with E-state index in [0.717, 1.165) is 10.8 Å². The number of nitrogens with zero attached hydrogens (tertiary/aromatic N) is 1. The fraction of sp³-hybridized carbons (Fsp3) is 0.111.